The first-order valence-electron chi connectivity index (χ1n) is 5.35. The van der Waals surface area contributed by atoms with Gasteiger partial charge in [-0.05, 0) is 39.8 Å². The van der Waals surface area contributed by atoms with Crippen LogP contribution >= 0.6 is 0 Å². The van der Waals surface area contributed by atoms with Gasteiger partial charge in [-0.15, -0.1) is 0 Å². The van der Waals surface area contributed by atoms with Gasteiger partial charge in [0.05, 0.1) is 11.1 Å². The molecule has 0 aliphatic carbocycles. The number of nitrogens with zero attached hydrogens (tertiary/aromatic N) is 3. The van der Waals surface area contributed by atoms with Crippen molar-refractivity contribution in [2.24, 2.45) is 4.99 Å². The average Bonchev–Trinajstić information content (AvgIpc) is 2.40. The Kier molecular flexibility index (Phi) is 2.27. The van der Waals surface area contributed by atoms with Gasteiger partial charge in [-0.25, -0.2) is 5.06 Å². The van der Waals surface area contributed by atoms with Crippen molar-refractivity contribution in [3.8, 4) is 0 Å². The van der Waals surface area contributed by atoms with Gasteiger partial charge in [0.2, 0.25) is 0 Å². The predicted molar refractivity (Wildman–Crippen MR) is 62.6 cm³/mol. The minimum atomic E-state index is -0.411. The van der Waals surface area contributed by atoms with Crippen molar-refractivity contribution in [3.05, 3.63) is 30.1 Å². The van der Waals surface area contributed by atoms with Crippen molar-refractivity contribution in [1.82, 2.24) is 10.0 Å². The molecule has 0 saturated carbocycles. The van der Waals surface area contributed by atoms with Crippen LogP contribution in [0, 0.1) is 0 Å². The van der Waals surface area contributed by atoms with E-state index in [4.69, 9.17) is 0 Å². The molecule has 0 aromatic carbocycles. The Hall–Kier alpha value is -1.42. The Balaban J connectivity index is 2.46. The molecule has 1 aliphatic heterocycles. The zero-order valence-electron chi connectivity index (χ0n) is 10.1. The highest BCUT2D eigenvalue weighted by atomic mass is 16.5. The van der Waals surface area contributed by atoms with Crippen molar-refractivity contribution >= 4 is 5.84 Å². The maximum Gasteiger partial charge on any atom is 0.156 e. The zero-order valence-corrected chi connectivity index (χ0v) is 10.1. The summed E-state index contributed by atoms with van der Waals surface area (Å²) in [6, 6.07) is 3.69. The summed E-state index contributed by atoms with van der Waals surface area (Å²) in [6.45, 7) is 7.99. The molecule has 4 heteroatoms. The summed E-state index contributed by atoms with van der Waals surface area (Å²) in [7, 11) is 0. The number of amidine groups is 1. The third-order valence-electron chi connectivity index (χ3n) is 3.55. The van der Waals surface area contributed by atoms with Crippen molar-refractivity contribution in [2.75, 3.05) is 0 Å². The molecule has 0 spiro atoms. The van der Waals surface area contributed by atoms with Crippen LogP contribution in [0.2, 0.25) is 0 Å². The topological polar surface area (TPSA) is 48.7 Å². The van der Waals surface area contributed by atoms with Gasteiger partial charge in [0.1, 0.15) is 0 Å². The van der Waals surface area contributed by atoms with Gasteiger partial charge in [0.25, 0.3) is 0 Å². The van der Waals surface area contributed by atoms with Crippen LogP contribution in [0.25, 0.3) is 0 Å². The van der Waals surface area contributed by atoms with E-state index in [-0.39, 0.29) is 5.54 Å². The first-order valence-corrected chi connectivity index (χ1v) is 5.35. The molecule has 4 nitrogen and oxygen atoms in total. The number of hydrogen-bond acceptors (Lipinski definition) is 4. The molecule has 0 amide bonds. The third kappa shape index (κ3) is 1.41. The largest absolute Gasteiger partial charge is 0.286 e. The highest BCUT2D eigenvalue weighted by Crippen LogP contribution is 2.37. The number of rotatable bonds is 1. The van der Waals surface area contributed by atoms with Gasteiger partial charge in [0.15, 0.2) is 5.84 Å². The molecule has 1 N–H and O–H groups in total. The Bertz CT molecular complexity index is 423. The second-order valence-corrected chi connectivity index (χ2v) is 5.10. The number of aliphatic imine (C=N–C) groups is 1. The van der Waals surface area contributed by atoms with E-state index >= 15 is 0 Å². The first-order chi connectivity index (χ1) is 7.36. The van der Waals surface area contributed by atoms with Crippen LogP contribution in [0.4, 0.5) is 0 Å². The molecule has 0 bridgehead atoms. The lowest BCUT2D eigenvalue weighted by Gasteiger charge is -2.36. The van der Waals surface area contributed by atoms with Gasteiger partial charge in [0, 0.05) is 18.0 Å². The quantitative estimate of drug-likeness (QED) is 0.786. The molecular formula is C12H17N3O. The van der Waals surface area contributed by atoms with Crippen LogP contribution in [-0.2, 0) is 0 Å². The van der Waals surface area contributed by atoms with E-state index in [2.05, 4.69) is 9.98 Å². The fraction of sp³-hybridized carbons (Fsp3) is 0.500. The number of pyridine rings is 1. The summed E-state index contributed by atoms with van der Waals surface area (Å²) in [5, 5.41) is 11.4. The minimum absolute atomic E-state index is 0.319. The predicted octanol–water partition coefficient (Wildman–Crippen LogP) is 2.09. The van der Waals surface area contributed by atoms with Crippen molar-refractivity contribution < 1.29 is 5.21 Å². The monoisotopic (exact) mass is 219 g/mol. The standard InChI is InChI=1S/C12H17N3O/c1-11(2)12(3,4)15(16)10(14-11)9-5-7-13-8-6-9/h5-8,16H,1-4H3. The summed E-state index contributed by atoms with van der Waals surface area (Å²) in [6.07, 6.45) is 3.40. The second-order valence-electron chi connectivity index (χ2n) is 5.10. The molecular weight excluding hydrogens is 202 g/mol. The maximum atomic E-state index is 10.2. The molecule has 86 valence electrons. The molecule has 0 saturated heterocycles. The lowest BCUT2D eigenvalue weighted by molar-refractivity contribution is -0.0992. The van der Waals surface area contributed by atoms with Crippen LogP contribution in [0.15, 0.2) is 29.5 Å². The lowest BCUT2D eigenvalue weighted by atomic mass is 9.84. The van der Waals surface area contributed by atoms with E-state index in [0.717, 1.165) is 5.56 Å². The molecule has 0 unspecified atom stereocenters. The Morgan fingerprint density at radius 1 is 1.12 bits per heavy atom. The van der Waals surface area contributed by atoms with Crippen LogP contribution < -0.4 is 0 Å². The van der Waals surface area contributed by atoms with Gasteiger partial charge in [-0.3, -0.25) is 15.2 Å². The molecule has 16 heavy (non-hydrogen) atoms. The summed E-state index contributed by atoms with van der Waals surface area (Å²) >= 11 is 0. The van der Waals surface area contributed by atoms with Crippen molar-refractivity contribution in [3.63, 3.8) is 0 Å². The minimum Gasteiger partial charge on any atom is -0.286 e. The second kappa shape index (κ2) is 3.28. The van der Waals surface area contributed by atoms with Gasteiger partial charge in [-0.1, -0.05) is 0 Å². The molecule has 2 rings (SSSR count). The van der Waals surface area contributed by atoms with Crippen LogP contribution in [0.5, 0.6) is 0 Å². The molecule has 0 radical (unpaired) electrons. The smallest absolute Gasteiger partial charge is 0.156 e. The molecule has 2 heterocycles. The normalized spacial score (nSPS) is 22.1. The van der Waals surface area contributed by atoms with Gasteiger partial charge >= 0.3 is 0 Å². The van der Waals surface area contributed by atoms with E-state index < -0.39 is 5.54 Å². The van der Waals surface area contributed by atoms with Crippen LogP contribution in [0.1, 0.15) is 33.3 Å². The van der Waals surface area contributed by atoms with E-state index in [1.54, 1.807) is 12.4 Å². The van der Waals surface area contributed by atoms with Crippen molar-refractivity contribution in [1.29, 1.82) is 0 Å². The highest BCUT2D eigenvalue weighted by molar-refractivity contribution is 6.00. The Morgan fingerprint density at radius 3 is 2.12 bits per heavy atom. The Morgan fingerprint density at radius 2 is 1.69 bits per heavy atom. The fourth-order valence-electron chi connectivity index (χ4n) is 1.66. The van der Waals surface area contributed by atoms with Crippen molar-refractivity contribution in [2.45, 2.75) is 38.8 Å². The van der Waals surface area contributed by atoms with Crippen LogP contribution in [-0.4, -0.2) is 32.2 Å². The van der Waals surface area contributed by atoms with Gasteiger partial charge in [-0.2, -0.15) is 0 Å². The number of hydroxylamine groups is 2. The van der Waals surface area contributed by atoms with Gasteiger partial charge < -0.3 is 0 Å². The molecule has 1 aromatic heterocycles. The zero-order chi connectivity index (χ0) is 12.0. The molecule has 1 aromatic rings. The fourth-order valence-corrected chi connectivity index (χ4v) is 1.66. The van der Waals surface area contributed by atoms with E-state index in [0.29, 0.717) is 5.84 Å². The summed E-state index contributed by atoms with van der Waals surface area (Å²) in [5.74, 6) is 0.609. The van der Waals surface area contributed by atoms with Crippen LogP contribution in [0.3, 0.4) is 0 Å². The number of hydrogen-bond donors (Lipinski definition) is 1. The molecule has 1 aliphatic rings. The van der Waals surface area contributed by atoms with E-state index in [1.165, 1.54) is 5.06 Å². The van der Waals surface area contributed by atoms with E-state index in [1.807, 2.05) is 39.8 Å². The maximum absolute atomic E-state index is 10.2. The van der Waals surface area contributed by atoms with E-state index in [9.17, 15) is 5.21 Å². The SMILES string of the molecule is CC1(C)N=C(c2ccncc2)N(O)C1(C)C. The summed E-state index contributed by atoms with van der Waals surface area (Å²) in [4.78, 5) is 8.55. The highest BCUT2D eigenvalue weighted by Gasteiger charge is 2.49. The Labute approximate surface area is 95.6 Å². The average molecular weight is 219 g/mol. The first kappa shape index (κ1) is 11.1. The lowest BCUT2D eigenvalue weighted by Crippen LogP contribution is -2.51. The molecule has 0 fully saturated rings. The molecule has 0 atom stereocenters. The third-order valence-corrected chi connectivity index (χ3v) is 3.55. The summed E-state index contributed by atoms with van der Waals surface area (Å²) in [5.41, 5.74) is 0.155. The number of aromatic nitrogens is 1. The summed E-state index contributed by atoms with van der Waals surface area (Å²) < 4.78 is 0.